The molecule has 6 rings (SSSR count). The van der Waals surface area contributed by atoms with Gasteiger partial charge in [-0.2, -0.15) is 5.10 Å². The number of aromatic nitrogens is 1. The highest BCUT2D eigenvalue weighted by Crippen LogP contribution is 2.38. The highest BCUT2D eigenvalue weighted by molar-refractivity contribution is 9.11. The molecule has 1 aromatic heterocycles. The van der Waals surface area contributed by atoms with Gasteiger partial charge in [-0.1, -0.05) is 57.3 Å². The normalized spacial score (nSPS) is 12.2. The molecule has 5 aromatic rings. The second-order valence-electron chi connectivity index (χ2n) is 9.01. The Hall–Kier alpha value is -3.83. The van der Waals surface area contributed by atoms with Gasteiger partial charge in [0.15, 0.2) is 17.2 Å². The van der Waals surface area contributed by atoms with E-state index in [0.717, 1.165) is 5.39 Å². The van der Waals surface area contributed by atoms with Crippen LogP contribution in [0.15, 0.2) is 86.8 Å². The first kappa shape index (κ1) is 28.3. The van der Waals surface area contributed by atoms with Crippen LogP contribution in [0.5, 0.6) is 17.2 Å². The lowest BCUT2D eigenvalue weighted by Crippen LogP contribution is -2.19. The van der Waals surface area contributed by atoms with E-state index in [0.29, 0.717) is 52.7 Å². The zero-order valence-corrected chi connectivity index (χ0v) is 25.9. The van der Waals surface area contributed by atoms with Gasteiger partial charge >= 0.3 is 5.97 Å². The molecule has 0 bridgehead atoms. The van der Waals surface area contributed by atoms with E-state index >= 15 is 0 Å². The first-order chi connectivity index (χ1) is 20.3. The first-order valence-electron chi connectivity index (χ1n) is 12.3. The number of carbonyl (C=O) groups is 2. The molecule has 8 nitrogen and oxygen atoms in total. The van der Waals surface area contributed by atoms with Crippen LogP contribution >= 0.6 is 55.1 Å². The number of rotatable bonds is 6. The first-order valence-corrected chi connectivity index (χ1v) is 14.6. The van der Waals surface area contributed by atoms with Gasteiger partial charge in [-0.3, -0.25) is 4.79 Å². The SMILES string of the molecule is O=C(Oc1c(Br)cc(Br)cc1C=NNC(=O)c1[nH]c2ccc(Cl)cc2c1-c1ccccc1Cl)c1ccc2c(c1)OCO2. The number of carbonyl (C=O) groups excluding carboxylic acids is 2. The van der Waals surface area contributed by atoms with Crippen molar-refractivity contribution in [2.24, 2.45) is 5.10 Å². The molecular weight excluding hydrogens is 713 g/mol. The third kappa shape index (κ3) is 5.63. The van der Waals surface area contributed by atoms with Crippen LogP contribution in [0.3, 0.4) is 0 Å². The lowest BCUT2D eigenvalue weighted by molar-refractivity contribution is 0.0732. The number of esters is 1. The Bertz CT molecular complexity index is 1930. The Morgan fingerprint density at radius 3 is 2.62 bits per heavy atom. The quantitative estimate of drug-likeness (QED) is 0.0792. The van der Waals surface area contributed by atoms with Crippen molar-refractivity contribution in [1.29, 1.82) is 0 Å². The van der Waals surface area contributed by atoms with Crippen LogP contribution in [-0.2, 0) is 0 Å². The molecule has 2 N–H and O–H groups in total. The Labute approximate surface area is 265 Å². The fraction of sp³-hybridized carbons (Fsp3) is 0.0333. The number of benzene rings is 4. The van der Waals surface area contributed by atoms with Crippen LogP contribution in [0.1, 0.15) is 26.4 Å². The minimum Gasteiger partial charge on any atom is -0.454 e. The Morgan fingerprint density at radius 2 is 1.79 bits per heavy atom. The van der Waals surface area contributed by atoms with Crippen LogP contribution in [-0.4, -0.2) is 29.9 Å². The molecule has 0 fully saturated rings. The maximum absolute atomic E-state index is 13.4. The molecule has 1 amide bonds. The predicted molar refractivity (Wildman–Crippen MR) is 168 cm³/mol. The molecule has 42 heavy (non-hydrogen) atoms. The second-order valence-corrected chi connectivity index (χ2v) is 11.6. The molecular formula is C30H17Br2Cl2N3O5. The van der Waals surface area contributed by atoms with Gasteiger partial charge in [-0.25, -0.2) is 10.2 Å². The van der Waals surface area contributed by atoms with Gasteiger partial charge in [-0.05, 0) is 70.5 Å². The Kier molecular flexibility index (Phi) is 7.96. The van der Waals surface area contributed by atoms with E-state index < -0.39 is 11.9 Å². The van der Waals surface area contributed by atoms with E-state index in [2.05, 4.69) is 47.4 Å². The van der Waals surface area contributed by atoms with Crippen LogP contribution in [0.2, 0.25) is 10.0 Å². The number of halogens is 4. The number of nitrogens with zero attached hydrogens (tertiary/aromatic N) is 1. The standard InChI is InChI=1S/C30H17Br2Cl2N3O5/c31-17-9-16(28(21(32)11-17)42-30(39)15-5-8-24-25(10-15)41-14-40-24)13-35-37-29(38)27-26(19-3-1-2-4-22(19)34)20-12-18(33)6-7-23(20)36-27/h1-13,36H,14H2,(H,37,38). The maximum Gasteiger partial charge on any atom is 0.343 e. The van der Waals surface area contributed by atoms with Crippen LogP contribution < -0.4 is 19.6 Å². The monoisotopic (exact) mass is 727 g/mol. The zero-order valence-electron chi connectivity index (χ0n) is 21.2. The van der Waals surface area contributed by atoms with E-state index in [9.17, 15) is 9.59 Å². The minimum atomic E-state index is -0.615. The van der Waals surface area contributed by atoms with Crippen molar-refractivity contribution in [3.63, 3.8) is 0 Å². The van der Waals surface area contributed by atoms with Gasteiger partial charge in [0.2, 0.25) is 6.79 Å². The fourth-order valence-corrected chi connectivity index (χ4v) is 6.20. The molecule has 0 saturated heterocycles. The summed E-state index contributed by atoms with van der Waals surface area (Å²) in [5, 5.41) is 5.89. The lowest BCUT2D eigenvalue weighted by atomic mass is 10.0. The van der Waals surface area contributed by atoms with Crippen molar-refractivity contribution in [3.05, 3.63) is 109 Å². The van der Waals surface area contributed by atoms with E-state index in [-0.39, 0.29) is 23.8 Å². The van der Waals surface area contributed by atoms with Crippen molar-refractivity contribution >= 4 is 84.1 Å². The topological polar surface area (TPSA) is 102 Å². The summed E-state index contributed by atoms with van der Waals surface area (Å²) in [5.41, 5.74) is 5.46. The predicted octanol–water partition coefficient (Wildman–Crippen LogP) is 8.38. The number of hydrogen-bond acceptors (Lipinski definition) is 6. The van der Waals surface area contributed by atoms with Gasteiger partial charge in [0.05, 0.1) is 16.3 Å². The number of hydrogen-bond donors (Lipinski definition) is 2. The number of H-pyrrole nitrogens is 1. The number of aromatic amines is 1. The molecule has 0 radical (unpaired) electrons. The highest BCUT2D eigenvalue weighted by atomic mass is 79.9. The summed E-state index contributed by atoms with van der Waals surface area (Å²) >= 11 is 19.7. The summed E-state index contributed by atoms with van der Waals surface area (Å²) in [7, 11) is 0. The van der Waals surface area contributed by atoms with E-state index in [4.69, 9.17) is 37.4 Å². The average Bonchev–Trinajstić information content (AvgIpc) is 3.59. The number of ether oxygens (including phenoxy) is 3. The highest BCUT2D eigenvalue weighted by Gasteiger charge is 2.22. The molecule has 210 valence electrons. The van der Waals surface area contributed by atoms with Crippen LogP contribution in [0, 0.1) is 0 Å². The largest absolute Gasteiger partial charge is 0.454 e. The molecule has 0 saturated carbocycles. The molecule has 0 aliphatic carbocycles. The molecule has 0 atom stereocenters. The summed E-state index contributed by atoms with van der Waals surface area (Å²) in [6, 6.07) is 20.7. The van der Waals surface area contributed by atoms with Crippen LogP contribution in [0.4, 0.5) is 0 Å². The van der Waals surface area contributed by atoms with Crippen LogP contribution in [0.25, 0.3) is 22.0 Å². The Balaban J connectivity index is 1.29. The third-order valence-electron chi connectivity index (χ3n) is 6.34. The van der Waals surface area contributed by atoms with Gasteiger partial charge < -0.3 is 19.2 Å². The number of nitrogens with one attached hydrogen (secondary N) is 2. The van der Waals surface area contributed by atoms with Crippen molar-refractivity contribution < 1.29 is 23.8 Å². The second kappa shape index (κ2) is 11.8. The smallest absolute Gasteiger partial charge is 0.343 e. The summed E-state index contributed by atoms with van der Waals surface area (Å²) < 4.78 is 17.6. The zero-order chi connectivity index (χ0) is 29.4. The van der Waals surface area contributed by atoms with Gasteiger partial charge in [-0.15, -0.1) is 0 Å². The number of hydrazone groups is 1. The summed E-state index contributed by atoms with van der Waals surface area (Å²) in [6.45, 7) is 0.0879. The summed E-state index contributed by atoms with van der Waals surface area (Å²) in [6.07, 6.45) is 1.38. The fourth-order valence-electron chi connectivity index (χ4n) is 4.45. The molecule has 0 spiro atoms. The third-order valence-corrected chi connectivity index (χ3v) is 7.95. The van der Waals surface area contributed by atoms with Gasteiger partial charge in [0, 0.05) is 42.1 Å². The number of amides is 1. The lowest BCUT2D eigenvalue weighted by Gasteiger charge is -2.11. The van der Waals surface area contributed by atoms with Crippen molar-refractivity contribution in [3.8, 4) is 28.4 Å². The van der Waals surface area contributed by atoms with E-state index in [1.54, 1.807) is 54.6 Å². The van der Waals surface area contributed by atoms with Gasteiger partial charge in [0.25, 0.3) is 5.91 Å². The minimum absolute atomic E-state index is 0.0879. The van der Waals surface area contributed by atoms with Gasteiger partial charge in [0.1, 0.15) is 5.69 Å². The Morgan fingerprint density at radius 1 is 0.976 bits per heavy atom. The van der Waals surface area contributed by atoms with E-state index in [1.807, 2.05) is 18.2 Å². The molecule has 4 aromatic carbocycles. The summed E-state index contributed by atoms with van der Waals surface area (Å²) in [5.74, 6) is 0.0865. The van der Waals surface area contributed by atoms with E-state index in [1.165, 1.54) is 6.21 Å². The average molecular weight is 730 g/mol. The van der Waals surface area contributed by atoms with Crippen molar-refractivity contribution in [1.82, 2.24) is 10.4 Å². The molecule has 1 aliphatic rings. The van der Waals surface area contributed by atoms with Crippen molar-refractivity contribution in [2.75, 3.05) is 6.79 Å². The molecule has 2 heterocycles. The maximum atomic E-state index is 13.4. The number of fused-ring (bicyclic) bond motifs is 2. The van der Waals surface area contributed by atoms with Crippen molar-refractivity contribution in [2.45, 2.75) is 0 Å². The molecule has 0 unspecified atom stereocenters. The molecule has 1 aliphatic heterocycles. The summed E-state index contributed by atoms with van der Waals surface area (Å²) in [4.78, 5) is 29.6. The molecule has 12 heteroatoms.